The summed E-state index contributed by atoms with van der Waals surface area (Å²) in [7, 11) is 0. The van der Waals surface area contributed by atoms with E-state index in [9.17, 15) is 0 Å². The molecule has 1 aliphatic rings. The van der Waals surface area contributed by atoms with Gasteiger partial charge in [-0.2, -0.15) is 0 Å². The van der Waals surface area contributed by atoms with E-state index >= 15 is 0 Å². The van der Waals surface area contributed by atoms with E-state index in [0.717, 1.165) is 30.9 Å². The van der Waals surface area contributed by atoms with Gasteiger partial charge in [-0.25, -0.2) is 0 Å². The molecule has 0 atom stereocenters. The van der Waals surface area contributed by atoms with Gasteiger partial charge in [0.05, 0.1) is 6.54 Å². The molecule has 0 spiro atoms. The van der Waals surface area contributed by atoms with Crippen LogP contribution in [0.3, 0.4) is 0 Å². The third-order valence-electron chi connectivity index (χ3n) is 4.05. The zero-order valence-corrected chi connectivity index (χ0v) is 12.7. The molecular formula is C18H22N2O. The number of ether oxygens (including phenoxy) is 1. The van der Waals surface area contributed by atoms with Crippen molar-refractivity contribution >= 4 is 11.4 Å². The molecule has 3 rings (SSSR count). The second-order valence-corrected chi connectivity index (χ2v) is 5.74. The van der Waals surface area contributed by atoms with E-state index in [1.54, 1.807) is 0 Å². The molecule has 2 aromatic rings. The van der Waals surface area contributed by atoms with Crippen LogP contribution in [0.2, 0.25) is 0 Å². The fourth-order valence-electron chi connectivity index (χ4n) is 2.92. The molecule has 1 aliphatic heterocycles. The van der Waals surface area contributed by atoms with Crippen LogP contribution in [0, 0.1) is 13.8 Å². The molecule has 1 heterocycles. The smallest absolute Gasteiger partial charge is 0.122 e. The number of anilines is 2. The second kappa shape index (κ2) is 5.68. The lowest BCUT2D eigenvalue weighted by Gasteiger charge is -2.20. The van der Waals surface area contributed by atoms with Gasteiger partial charge in [-0.05, 0) is 49.6 Å². The summed E-state index contributed by atoms with van der Waals surface area (Å²) in [6, 6.07) is 12.5. The van der Waals surface area contributed by atoms with E-state index < -0.39 is 0 Å². The predicted octanol–water partition coefficient (Wildman–Crippen LogP) is 3.33. The molecule has 0 fully saturated rings. The quantitative estimate of drug-likeness (QED) is 0.874. The molecule has 0 aromatic heterocycles. The number of fused-ring (bicyclic) bond motifs is 1. The molecule has 2 N–H and O–H groups in total. The van der Waals surface area contributed by atoms with Gasteiger partial charge in [-0.15, -0.1) is 0 Å². The summed E-state index contributed by atoms with van der Waals surface area (Å²) < 4.78 is 5.93. The zero-order valence-electron chi connectivity index (χ0n) is 12.7. The number of rotatable bonds is 4. The standard InChI is InChI=1S/C18H22N2O/c1-13-3-6-18(14(2)11-13)21-10-9-20-8-7-15-4-5-16(19)12-17(15)20/h3-6,11-12H,7-10,19H2,1-2H3. The van der Waals surface area contributed by atoms with Crippen molar-refractivity contribution in [1.29, 1.82) is 0 Å². The Bertz CT molecular complexity index is 652. The van der Waals surface area contributed by atoms with E-state index in [4.69, 9.17) is 10.5 Å². The monoisotopic (exact) mass is 282 g/mol. The third-order valence-corrected chi connectivity index (χ3v) is 4.05. The van der Waals surface area contributed by atoms with E-state index in [0.29, 0.717) is 6.61 Å². The maximum Gasteiger partial charge on any atom is 0.122 e. The molecule has 0 radical (unpaired) electrons. The minimum absolute atomic E-state index is 0.693. The highest BCUT2D eigenvalue weighted by Crippen LogP contribution is 2.29. The molecule has 0 saturated heterocycles. The van der Waals surface area contributed by atoms with Gasteiger partial charge in [-0.1, -0.05) is 23.8 Å². The van der Waals surface area contributed by atoms with Gasteiger partial charge in [0.15, 0.2) is 0 Å². The van der Waals surface area contributed by atoms with Gasteiger partial charge in [0.25, 0.3) is 0 Å². The summed E-state index contributed by atoms with van der Waals surface area (Å²) in [5, 5.41) is 0. The van der Waals surface area contributed by atoms with Crippen molar-refractivity contribution in [3.63, 3.8) is 0 Å². The number of aryl methyl sites for hydroxylation is 2. The van der Waals surface area contributed by atoms with Gasteiger partial charge in [-0.3, -0.25) is 0 Å². The Morgan fingerprint density at radius 3 is 2.81 bits per heavy atom. The van der Waals surface area contributed by atoms with E-state index in [1.165, 1.54) is 22.4 Å². The molecule has 0 saturated carbocycles. The van der Waals surface area contributed by atoms with Crippen molar-refractivity contribution < 1.29 is 4.74 Å². The molecule has 0 aliphatic carbocycles. The Morgan fingerprint density at radius 2 is 2.00 bits per heavy atom. The summed E-state index contributed by atoms with van der Waals surface area (Å²) in [4.78, 5) is 2.36. The Balaban J connectivity index is 1.61. The highest BCUT2D eigenvalue weighted by Gasteiger charge is 2.18. The number of benzene rings is 2. The topological polar surface area (TPSA) is 38.5 Å². The molecule has 2 aromatic carbocycles. The van der Waals surface area contributed by atoms with Crippen LogP contribution in [0.4, 0.5) is 11.4 Å². The first kappa shape index (κ1) is 13.8. The summed E-state index contributed by atoms with van der Waals surface area (Å²) in [5.41, 5.74) is 11.8. The zero-order chi connectivity index (χ0) is 14.8. The van der Waals surface area contributed by atoms with Crippen LogP contribution in [0.5, 0.6) is 5.75 Å². The largest absolute Gasteiger partial charge is 0.491 e. The van der Waals surface area contributed by atoms with Crippen molar-refractivity contribution in [2.75, 3.05) is 30.3 Å². The maximum absolute atomic E-state index is 5.93. The minimum Gasteiger partial charge on any atom is -0.491 e. The van der Waals surface area contributed by atoms with Gasteiger partial charge < -0.3 is 15.4 Å². The van der Waals surface area contributed by atoms with Crippen LogP contribution in [-0.2, 0) is 6.42 Å². The van der Waals surface area contributed by atoms with E-state index in [-0.39, 0.29) is 0 Å². The fourth-order valence-corrected chi connectivity index (χ4v) is 2.92. The van der Waals surface area contributed by atoms with Crippen LogP contribution in [-0.4, -0.2) is 19.7 Å². The Morgan fingerprint density at radius 1 is 1.14 bits per heavy atom. The Hall–Kier alpha value is -2.16. The predicted molar refractivity (Wildman–Crippen MR) is 88.2 cm³/mol. The Kier molecular flexibility index (Phi) is 3.74. The first-order chi connectivity index (χ1) is 10.1. The number of nitrogen functional groups attached to an aromatic ring is 1. The fraction of sp³-hybridized carbons (Fsp3) is 0.333. The number of hydrogen-bond donors (Lipinski definition) is 1. The first-order valence-electron chi connectivity index (χ1n) is 7.47. The van der Waals surface area contributed by atoms with Crippen molar-refractivity contribution in [2.45, 2.75) is 20.3 Å². The van der Waals surface area contributed by atoms with Crippen molar-refractivity contribution in [1.82, 2.24) is 0 Å². The number of hydrogen-bond acceptors (Lipinski definition) is 3. The molecule has 0 bridgehead atoms. The molecular weight excluding hydrogens is 260 g/mol. The van der Waals surface area contributed by atoms with Crippen molar-refractivity contribution in [3.05, 3.63) is 53.1 Å². The van der Waals surface area contributed by atoms with Gasteiger partial charge in [0.1, 0.15) is 12.4 Å². The highest BCUT2D eigenvalue weighted by molar-refractivity contribution is 5.64. The number of nitrogens with two attached hydrogens (primary N) is 1. The van der Waals surface area contributed by atoms with Crippen LogP contribution < -0.4 is 15.4 Å². The second-order valence-electron chi connectivity index (χ2n) is 5.74. The van der Waals surface area contributed by atoms with Crippen LogP contribution in [0.25, 0.3) is 0 Å². The van der Waals surface area contributed by atoms with E-state index in [1.807, 2.05) is 6.07 Å². The van der Waals surface area contributed by atoms with E-state index in [2.05, 4.69) is 49.1 Å². The minimum atomic E-state index is 0.693. The van der Waals surface area contributed by atoms with Gasteiger partial charge >= 0.3 is 0 Å². The molecule has 3 nitrogen and oxygen atoms in total. The lowest BCUT2D eigenvalue weighted by molar-refractivity contribution is 0.322. The molecule has 110 valence electrons. The molecule has 0 unspecified atom stereocenters. The first-order valence-corrected chi connectivity index (χ1v) is 7.47. The normalized spacial score (nSPS) is 13.3. The van der Waals surface area contributed by atoms with Crippen LogP contribution >= 0.6 is 0 Å². The third kappa shape index (κ3) is 2.97. The van der Waals surface area contributed by atoms with Crippen molar-refractivity contribution in [3.8, 4) is 5.75 Å². The SMILES string of the molecule is Cc1ccc(OCCN2CCc3ccc(N)cc32)c(C)c1. The van der Waals surface area contributed by atoms with Gasteiger partial charge in [0.2, 0.25) is 0 Å². The van der Waals surface area contributed by atoms with Gasteiger partial charge in [0, 0.05) is 17.9 Å². The maximum atomic E-state index is 5.93. The van der Waals surface area contributed by atoms with Crippen molar-refractivity contribution in [2.24, 2.45) is 0 Å². The lowest BCUT2D eigenvalue weighted by atomic mass is 10.1. The highest BCUT2D eigenvalue weighted by atomic mass is 16.5. The molecule has 0 amide bonds. The van der Waals surface area contributed by atoms with Crippen LogP contribution in [0.15, 0.2) is 36.4 Å². The summed E-state index contributed by atoms with van der Waals surface area (Å²) >= 11 is 0. The van der Waals surface area contributed by atoms with Crippen LogP contribution in [0.1, 0.15) is 16.7 Å². The molecule has 21 heavy (non-hydrogen) atoms. The average Bonchev–Trinajstić information content (AvgIpc) is 2.84. The molecule has 3 heteroatoms. The summed E-state index contributed by atoms with van der Waals surface area (Å²) in [6.45, 7) is 6.83. The average molecular weight is 282 g/mol. The summed E-state index contributed by atoms with van der Waals surface area (Å²) in [6.07, 6.45) is 1.10. The Labute approximate surface area is 126 Å². The lowest BCUT2D eigenvalue weighted by Crippen LogP contribution is -2.26. The summed E-state index contributed by atoms with van der Waals surface area (Å²) in [5.74, 6) is 0.979. The number of nitrogens with zero attached hydrogens (tertiary/aromatic N) is 1.